The molecule has 0 aromatic heterocycles. The Labute approximate surface area is 90.8 Å². The third-order valence-electron chi connectivity index (χ3n) is 3.29. The lowest BCUT2D eigenvalue weighted by atomic mass is 9.82. The van der Waals surface area contributed by atoms with E-state index in [1.165, 1.54) is 32.1 Å². The van der Waals surface area contributed by atoms with Gasteiger partial charge < -0.3 is 0 Å². The predicted molar refractivity (Wildman–Crippen MR) is 66.5 cm³/mol. The van der Waals surface area contributed by atoms with Gasteiger partial charge in [0.15, 0.2) is 0 Å². The SMILES string of the molecule is CC=C(C)CC(CCC)C(C)CCC. The molecule has 0 N–H and O–H groups in total. The Balaban J connectivity index is 4.12. The molecule has 0 aliphatic rings. The lowest BCUT2D eigenvalue weighted by Crippen LogP contribution is -2.12. The van der Waals surface area contributed by atoms with Crippen LogP contribution in [-0.2, 0) is 0 Å². The Morgan fingerprint density at radius 2 is 1.71 bits per heavy atom. The third kappa shape index (κ3) is 5.47. The number of hydrogen-bond acceptors (Lipinski definition) is 0. The second kappa shape index (κ2) is 8.08. The minimum Gasteiger partial charge on any atom is -0.0887 e. The average Bonchev–Trinajstić information content (AvgIpc) is 2.17. The van der Waals surface area contributed by atoms with Crippen molar-refractivity contribution in [1.29, 1.82) is 0 Å². The Hall–Kier alpha value is -0.260. The van der Waals surface area contributed by atoms with Crippen LogP contribution in [0.4, 0.5) is 0 Å². The first-order valence-electron chi connectivity index (χ1n) is 6.27. The molecule has 0 amide bonds. The van der Waals surface area contributed by atoms with E-state index < -0.39 is 0 Å². The van der Waals surface area contributed by atoms with Crippen LogP contribution in [0.3, 0.4) is 0 Å². The first-order valence-corrected chi connectivity index (χ1v) is 6.27. The number of hydrogen-bond donors (Lipinski definition) is 0. The predicted octanol–water partition coefficient (Wildman–Crippen LogP) is 5.20. The molecule has 0 heterocycles. The number of allylic oxidation sites excluding steroid dienone is 2. The fourth-order valence-electron chi connectivity index (χ4n) is 2.18. The molecule has 14 heavy (non-hydrogen) atoms. The molecule has 2 unspecified atom stereocenters. The normalized spacial score (nSPS) is 16.8. The van der Waals surface area contributed by atoms with E-state index in [2.05, 4.69) is 40.7 Å². The molecular formula is C14H28. The summed E-state index contributed by atoms with van der Waals surface area (Å²) in [6, 6.07) is 0. The van der Waals surface area contributed by atoms with Gasteiger partial charge in [-0.3, -0.25) is 0 Å². The lowest BCUT2D eigenvalue weighted by molar-refractivity contribution is 0.310. The van der Waals surface area contributed by atoms with Crippen molar-refractivity contribution in [1.82, 2.24) is 0 Å². The van der Waals surface area contributed by atoms with Crippen molar-refractivity contribution in [3.8, 4) is 0 Å². The fraction of sp³-hybridized carbons (Fsp3) is 0.857. The van der Waals surface area contributed by atoms with E-state index in [1.807, 2.05) is 0 Å². The van der Waals surface area contributed by atoms with Gasteiger partial charge in [-0.05, 0) is 32.1 Å². The van der Waals surface area contributed by atoms with Gasteiger partial charge in [-0.25, -0.2) is 0 Å². The van der Waals surface area contributed by atoms with Gasteiger partial charge in [-0.15, -0.1) is 0 Å². The van der Waals surface area contributed by atoms with E-state index in [-0.39, 0.29) is 0 Å². The molecule has 0 aliphatic carbocycles. The minimum absolute atomic E-state index is 0.898. The molecule has 0 rings (SSSR count). The van der Waals surface area contributed by atoms with Crippen molar-refractivity contribution < 1.29 is 0 Å². The van der Waals surface area contributed by atoms with Crippen LogP contribution in [-0.4, -0.2) is 0 Å². The summed E-state index contributed by atoms with van der Waals surface area (Å²) >= 11 is 0. The summed E-state index contributed by atoms with van der Waals surface area (Å²) in [5, 5.41) is 0. The summed E-state index contributed by atoms with van der Waals surface area (Å²) in [4.78, 5) is 0. The molecule has 0 bridgehead atoms. The summed E-state index contributed by atoms with van der Waals surface area (Å²) in [6.45, 7) is 11.4. The van der Waals surface area contributed by atoms with E-state index in [1.54, 1.807) is 5.57 Å². The minimum atomic E-state index is 0.898. The van der Waals surface area contributed by atoms with Crippen LogP contribution < -0.4 is 0 Å². The molecule has 0 aromatic carbocycles. The van der Waals surface area contributed by atoms with Crippen LogP contribution in [0, 0.1) is 11.8 Å². The smallest absolute Gasteiger partial charge is 0.0292 e. The van der Waals surface area contributed by atoms with Gasteiger partial charge >= 0.3 is 0 Å². The van der Waals surface area contributed by atoms with Crippen molar-refractivity contribution in [3.63, 3.8) is 0 Å². The number of rotatable bonds is 7. The molecule has 0 aromatic rings. The molecule has 0 fully saturated rings. The van der Waals surface area contributed by atoms with Gasteiger partial charge in [0.05, 0.1) is 0 Å². The molecule has 84 valence electrons. The maximum atomic E-state index is 2.42. The summed E-state index contributed by atoms with van der Waals surface area (Å²) in [6.07, 6.45) is 9.02. The first-order chi connectivity index (χ1) is 6.65. The van der Waals surface area contributed by atoms with Crippen LogP contribution in [0.15, 0.2) is 11.6 Å². The highest BCUT2D eigenvalue weighted by Crippen LogP contribution is 2.27. The van der Waals surface area contributed by atoms with E-state index in [0.29, 0.717) is 0 Å². The quantitative estimate of drug-likeness (QED) is 0.491. The monoisotopic (exact) mass is 196 g/mol. The van der Waals surface area contributed by atoms with E-state index in [4.69, 9.17) is 0 Å². The summed E-state index contributed by atoms with van der Waals surface area (Å²) in [7, 11) is 0. The van der Waals surface area contributed by atoms with E-state index >= 15 is 0 Å². The van der Waals surface area contributed by atoms with Crippen molar-refractivity contribution in [3.05, 3.63) is 11.6 Å². The van der Waals surface area contributed by atoms with E-state index in [0.717, 1.165) is 11.8 Å². The Kier molecular flexibility index (Phi) is 7.93. The third-order valence-corrected chi connectivity index (χ3v) is 3.29. The fourth-order valence-corrected chi connectivity index (χ4v) is 2.18. The van der Waals surface area contributed by atoms with Crippen molar-refractivity contribution in [2.75, 3.05) is 0 Å². The summed E-state index contributed by atoms with van der Waals surface area (Å²) in [5.41, 5.74) is 1.56. The highest BCUT2D eigenvalue weighted by Gasteiger charge is 2.15. The molecule has 0 radical (unpaired) electrons. The Bertz CT molecular complexity index is 155. The van der Waals surface area contributed by atoms with Crippen molar-refractivity contribution >= 4 is 0 Å². The molecule has 0 saturated heterocycles. The molecule has 0 spiro atoms. The highest BCUT2D eigenvalue weighted by atomic mass is 14.2. The van der Waals surface area contributed by atoms with Crippen LogP contribution in [0.2, 0.25) is 0 Å². The van der Waals surface area contributed by atoms with Crippen LogP contribution in [0.1, 0.15) is 66.7 Å². The second-order valence-electron chi connectivity index (χ2n) is 4.65. The van der Waals surface area contributed by atoms with Gasteiger partial charge in [-0.1, -0.05) is 58.1 Å². The van der Waals surface area contributed by atoms with Crippen LogP contribution in [0.5, 0.6) is 0 Å². The van der Waals surface area contributed by atoms with Gasteiger partial charge in [0.1, 0.15) is 0 Å². The largest absolute Gasteiger partial charge is 0.0887 e. The van der Waals surface area contributed by atoms with Crippen molar-refractivity contribution in [2.45, 2.75) is 66.7 Å². The topological polar surface area (TPSA) is 0 Å². The van der Waals surface area contributed by atoms with Gasteiger partial charge in [-0.2, -0.15) is 0 Å². The van der Waals surface area contributed by atoms with E-state index in [9.17, 15) is 0 Å². The maximum Gasteiger partial charge on any atom is -0.0292 e. The average molecular weight is 196 g/mol. The summed E-state index contributed by atoms with van der Waals surface area (Å²) < 4.78 is 0. The summed E-state index contributed by atoms with van der Waals surface area (Å²) in [5.74, 6) is 1.81. The molecule has 0 heteroatoms. The van der Waals surface area contributed by atoms with Gasteiger partial charge in [0, 0.05) is 0 Å². The molecule has 0 aliphatic heterocycles. The van der Waals surface area contributed by atoms with Crippen molar-refractivity contribution in [2.24, 2.45) is 11.8 Å². The van der Waals surface area contributed by atoms with Gasteiger partial charge in [0.25, 0.3) is 0 Å². The van der Waals surface area contributed by atoms with Crippen LogP contribution in [0.25, 0.3) is 0 Å². The zero-order valence-electron chi connectivity index (χ0n) is 10.8. The zero-order chi connectivity index (χ0) is 11.0. The molecule has 2 atom stereocenters. The molecule has 0 saturated carbocycles. The molecule has 0 nitrogen and oxygen atoms in total. The van der Waals surface area contributed by atoms with Gasteiger partial charge in [0.2, 0.25) is 0 Å². The lowest BCUT2D eigenvalue weighted by Gasteiger charge is -2.23. The van der Waals surface area contributed by atoms with Crippen LogP contribution >= 0.6 is 0 Å². The highest BCUT2D eigenvalue weighted by molar-refractivity contribution is 4.97. The standard InChI is InChI=1S/C14H28/c1-6-9-13(5)14(10-7-2)11-12(4)8-3/h8,13-14H,6-7,9-11H2,1-5H3. The molecular weight excluding hydrogens is 168 g/mol. The first kappa shape index (κ1) is 13.7. The Morgan fingerprint density at radius 3 is 2.14 bits per heavy atom. The Morgan fingerprint density at radius 1 is 1.14 bits per heavy atom. The second-order valence-corrected chi connectivity index (χ2v) is 4.65. The maximum absolute atomic E-state index is 2.42. The zero-order valence-corrected chi connectivity index (χ0v) is 10.8.